The number of anilines is 1. The van der Waals surface area contributed by atoms with Crippen LogP contribution in [0.2, 0.25) is 0 Å². The molecule has 0 saturated carbocycles. The number of hydrogen-bond acceptors (Lipinski definition) is 7. The molecule has 0 spiro atoms. The van der Waals surface area contributed by atoms with Gasteiger partial charge in [0.1, 0.15) is 11.8 Å². The maximum Gasteiger partial charge on any atom is 0.274 e. The van der Waals surface area contributed by atoms with Gasteiger partial charge in [-0.05, 0) is 59.7 Å². The molecule has 0 bridgehead atoms. The van der Waals surface area contributed by atoms with Crippen LogP contribution in [0.25, 0.3) is 0 Å². The number of methoxy groups -OCH3 is 1. The van der Waals surface area contributed by atoms with Crippen LogP contribution in [0.4, 0.5) is 5.69 Å². The van der Waals surface area contributed by atoms with Crippen LogP contribution in [0.1, 0.15) is 21.5 Å². The Morgan fingerprint density at radius 3 is 2.33 bits per heavy atom. The summed E-state index contributed by atoms with van der Waals surface area (Å²) >= 11 is 0. The molecule has 1 aliphatic rings. The van der Waals surface area contributed by atoms with Gasteiger partial charge in [0.15, 0.2) is 11.5 Å². The molecule has 0 fully saturated rings. The Hall–Kier alpha value is -4.57. The largest absolute Gasteiger partial charge is 0.497 e. The van der Waals surface area contributed by atoms with Crippen molar-refractivity contribution in [3.63, 3.8) is 0 Å². The maximum absolute atomic E-state index is 13.2. The van der Waals surface area contributed by atoms with Crippen LogP contribution in [0.3, 0.4) is 0 Å². The van der Waals surface area contributed by atoms with Gasteiger partial charge < -0.3 is 24.8 Å². The Labute approximate surface area is 207 Å². The zero-order valence-corrected chi connectivity index (χ0v) is 19.4. The average Bonchev–Trinajstić information content (AvgIpc) is 3.36. The van der Waals surface area contributed by atoms with Crippen molar-refractivity contribution in [2.24, 2.45) is 0 Å². The summed E-state index contributed by atoms with van der Waals surface area (Å²) < 4.78 is 15.9. The summed E-state index contributed by atoms with van der Waals surface area (Å²) in [4.78, 5) is 37.5. The topological polar surface area (TPSA) is 135 Å². The number of amides is 3. The normalized spacial score (nSPS) is 12.4. The van der Waals surface area contributed by atoms with Crippen molar-refractivity contribution >= 4 is 23.4 Å². The molecular formula is C26H25N3O7. The third-order valence-corrected chi connectivity index (χ3v) is 5.57. The summed E-state index contributed by atoms with van der Waals surface area (Å²) in [6.45, 7) is 0.140. The second-order valence-corrected chi connectivity index (χ2v) is 8.04. The quantitative estimate of drug-likeness (QED) is 0.267. The Morgan fingerprint density at radius 1 is 0.944 bits per heavy atom. The Morgan fingerprint density at radius 2 is 1.64 bits per heavy atom. The van der Waals surface area contributed by atoms with Crippen molar-refractivity contribution in [3.05, 3.63) is 83.4 Å². The first-order valence-corrected chi connectivity index (χ1v) is 11.1. The fraction of sp³-hybridized carbons (Fsp3) is 0.192. The molecule has 1 heterocycles. The van der Waals surface area contributed by atoms with E-state index in [4.69, 9.17) is 19.4 Å². The second-order valence-electron chi connectivity index (χ2n) is 8.04. The molecule has 0 aromatic heterocycles. The third-order valence-electron chi connectivity index (χ3n) is 5.57. The van der Waals surface area contributed by atoms with Gasteiger partial charge in [0.05, 0.1) is 13.5 Å². The number of rotatable bonds is 9. The molecule has 10 heteroatoms. The van der Waals surface area contributed by atoms with Gasteiger partial charge in [0.2, 0.25) is 18.6 Å². The smallest absolute Gasteiger partial charge is 0.274 e. The van der Waals surface area contributed by atoms with E-state index in [2.05, 4.69) is 10.6 Å². The zero-order chi connectivity index (χ0) is 25.5. The number of carbonyl (C=O) groups is 3. The van der Waals surface area contributed by atoms with Gasteiger partial charge in [-0.2, -0.15) is 0 Å². The summed E-state index contributed by atoms with van der Waals surface area (Å²) in [7, 11) is 1.57. The highest BCUT2D eigenvalue weighted by atomic mass is 16.7. The summed E-state index contributed by atoms with van der Waals surface area (Å²) in [6.07, 6.45) is 0.293. The van der Waals surface area contributed by atoms with Crippen LogP contribution in [-0.2, 0) is 22.4 Å². The van der Waals surface area contributed by atoms with E-state index in [0.717, 1.165) is 11.1 Å². The molecule has 3 aromatic rings. The molecule has 4 N–H and O–H groups in total. The number of hydrogen-bond donors (Lipinski definition) is 4. The fourth-order valence-corrected chi connectivity index (χ4v) is 3.69. The van der Waals surface area contributed by atoms with Crippen molar-refractivity contribution in [1.82, 2.24) is 10.8 Å². The van der Waals surface area contributed by atoms with E-state index >= 15 is 0 Å². The van der Waals surface area contributed by atoms with E-state index in [1.165, 1.54) is 24.3 Å². The van der Waals surface area contributed by atoms with Crippen LogP contribution >= 0.6 is 0 Å². The highest BCUT2D eigenvalue weighted by Gasteiger charge is 2.23. The van der Waals surface area contributed by atoms with Gasteiger partial charge >= 0.3 is 0 Å². The van der Waals surface area contributed by atoms with E-state index in [-0.39, 0.29) is 31.1 Å². The average molecular weight is 492 g/mol. The Balaban J connectivity index is 1.47. The SMILES string of the molecule is COc1ccc(C[C@H](NC(=O)Cc2ccc3c(c2)OCO3)C(=O)Nc2ccc(C(=O)NO)cc2)cc1. The fourth-order valence-electron chi connectivity index (χ4n) is 3.69. The second kappa shape index (κ2) is 11.2. The summed E-state index contributed by atoms with van der Waals surface area (Å²) in [5.41, 5.74) is 3.76. The van der Waals surface area contributed by atoms with Gasteiger partial charge in [0.25, 0.3) is 5.91 Å². The van der Waals surface area contributed by atoms with Crippen LogP contribution in [0.15, 0.2) is 66.7 Å². The molecule has 1 atom stereocenters. The molecule has 10 nitrogen and oxygen atoms in total. The molecule has 0 radical (unpaired) electrons. The van der Waals surface area contributed by atoms with Gasteiger partial charge in [-0.3, -0.25) is 19.6 Å². The van der Waals surface area contributed by atoms with Gasteiger partial charge in [0, 0.05) is 17.7 Å². The molecule has 0 saturated heterocycles. The molecule has 36 heavy (non-hydrogen) atoms. The lowest BCUT2D eigenvalue weighted by atomic mass is 10.0. The first-order chi connectivity index (χ1) is 17.4. The first kappa shape index (κ1) is 24.6. The molecule has 3 amide bonds. The first-order valence-electron chi connectivity index (χ1n) is 11.1. The number of ether oxygens (including phenoxy) is 3. The van der Waals surface area contributed by atoms with Crippen LogP contribution in [-0.4, -0.2) is 42.9 Å². The molecular weight excluding hydrogens is 466 g/mol. The third kappa shape index (κ3) is 6.10. The summed E-state index contributed by atoms with van der Waals surface area (Å²) in [5, 5.41) is 14.3. The van der Waals surface area contributed by atoms with Gasteiger partial charge in [-0.25, -0.2) is 5.48 Å². The van der Waals surface area contributed by atoms with Crippen LogP contribution in [0.5, 0.6) is 17.2 Å². The highest BCUT2D eigenvalue weighted by molar-refractivity contribution is 5.98. The maximum atomic E-state index is 13.2. The lowest BCUT2D eigenvalue weighted by molar-refractivity contribution is -0.126. The predicted molar refractivity (Wildman–Crippen MR) is 129 cm³/mol. The van der Waals surface area contributed by atoms with Crippen LogP contribution < -0.4 is 30.3 Å². The Kier molecular flexibility index (Phi) is 7.66. The van der Waals surface area contributed by atoms with Crippen LogP contribution in [0, 0.1) is 0 Å². The lowest BCUT2D eigenvalue weighted by Crippen LogP contribution is -2.45. The van der Waals surface area contributed by atoms with Crippen molar-refractivity contribution in [2.75, 3.05) is 19.2 Å². The summed E-state index contributed by atoms with van der Waals surface area (Å²) in [5.74, 6) is 0.450. The standard InChI is InChI=1S/C26H25N3O7/c1-34-20-9-2-16(3-10-20)12-21(26(32)27-19-7-5-18(6-8-19)25(31)29-33)28-24(30)14-17-4-11-22-23(13-17)36-15-35-22/h2-11,13,21,33H,12,14-15H2,1H3,(H,27,32)(H,28,30)(H,29,31)/t21-/m0/s1. The molecule has 1 aliphatic heterocycles. The highest BCUT2D eigenvalue weighted by Crippen LogP contribution is 2.32. The Bertz CT molecular complexity index is 1240. The van der Waals surface area contributed by atoms with E-state index in [1.54, 1.807) is 42.9 Å². The minimum atomic E-state index is -0.875. The van der Waals surface area contributed by atoms with Crippen molar-refractivity contribution in [3.8, 4) is 17.2 Å². The number of nitrogens with one attached hydrogen (secondary N) is 3. The van der Waals surface area contributed by atoms with E-state index in [1.807, 2.05) is 12.1 Å². The van der Waals surface area contributed by atoms with E-state index < -0.39 is 17.9 Å². The van der Waals surface area contributed by atoms with Crippen molar-refractivity contribution < 1.29 is 33.8 Å². The van der Waals surface area contributed by atoms with Gasteiger partial charge in [-0.15, -0.1) is 0 Å². The number of fused-ring (bicyclic) bond motifs is 1. The van der Waals surface area contributed by atoms with E-state index in [0.29, 0.717) is 22.9 Å². The number of carbonyl (C=O) groups excluding carboxylic acids is 3. The molecule has 4 rings (SSSR count). The van der Waals surface area contributed by atoms with E-state index in [9.17, 15) is 14.4 Å². The summed E-state index contributed by atoms with van der Waals surface area (Å²) in [6, 6.07) is 17.6. The molecule has 0 aliphatic carbocycles. The molecule has 3 aromatic carbocycles. The minimum Gasteiger partial charge on any atom is -0.497 e. The monoisotopic (exact) mass is 491 g/mol. The lowest BCUT2D eigenvalue weighted by Gasteiger charge is -2.19. The zero-order valence-electron chi connectivity index (χ0n) is 19.4. The molecule has 186 valence electrons. The molecule has 0 unspecified atom stereocenters. The number of benzene rings is 3. The van der Waals surface area contributed by atoms with Crippen molar-refractivity contribution in [1.29, 1.82) is 0 Å². The van der Waals surface area contributed by atoms with Gasteiger partial charge in [-0.1, -0.05) is 18.2 Å². The van der Waals surface area contributed by atoms with Crippen molar-refractivity contribution in [2.45, 2.75) is 18.9 Å². The number of hydroxylamine groups is 1. The minimum absolute atomic E-state index is 0.0496. The predicted octanol–water partition coefficient (Wildman–Crippen LogP) is 2.45.